The summed E-state index contributed by atoms with van der Waals surface area (Å²) in [6, 6.07) is 0. The van der Waals surface area contributed by atoms with E-state index in [0.717, 1.165) is 41.4 Å². The Morgan fingerprint density at radius 1 is 0.857 bits per heavy atom. The molecule has 2 aliphatic carbocycles. The van der Waals surface area contributed by atoms with Crippen molar-refractivity contribution in [1.82, 2.24) is 0 Å². The minimum Gasteiger partial charge on any atom is -0.0654 e. The van der Waals surface area contributed by atoms with Crippen molar-refractivity contribution in [2.75, 3.05) is 0 Å². The average molecular weight is 391 g/mol. The van der Waals surface area contributed by atoms with Gasteiger partial charge in [0, 0.05) is 0 Å². The van der Waals surface area contributed by atoms with Crippen LogP contribution in [-0.2, 0) is 0 Å². The Morgan fingerprint density at radius 2 is 1.57 bits per heavy atom. The van der Waals surface area contributed by atoms with Gasteiger partial charge in [-0.3, -0.25) is 0 Å². The standard InChI is InChI=1S/C28H54/c1-8-13-27(22(4)9-2)28(7)19-18-25-20-26(24(28)6)17-16-21(3)14-11-10-12-15-23(25)5/h21-27H,8-20H2,1-7H3. The first-order chi connectivity index (χ1) is 13.3. The van der Waals surface area contributed by atoms with Crippen LogP contribution < -0.4 is 0 Å². The molecule has 0 radical (unpaired) electrons. The maximum Gasteiger partial charge on any atom is -0.0267 e. The molecule has 2 rings (SSSR count). The molecule has 0 saturated heterocycles. The molecule has 0 aromatic carbocycles. The van der Waals surface area contributed by atoms with E-state index >= 15 is 0 Å². The summed E-state index contributed by atoms with van der Waals surface area (Å²) in [5.74, 6) is 6.53. The van der Waals surface area contributed by atoms with Gasteiger partial charge in [-0.1, -0.05) is 99.8 Å². The van der Waals surface area contributed by atoms with Crippen molar-refractivity contribution in [3.05, 3.63) is 0 Å². The van der Waals surface area contributed by atoms with Gasteiger partial charge < -0.3 is 0 Å². The van der Waals surface area contributed by atoms with Crippen LogP contribution in [-0.4, -0.2) is 0 Å². The molecule has 0 nitrogen and oxygen atoms in total. The molecule has 2 aliphatic rings. The summed E-state index contributed by atoms with van der Waals surface area (Å²) in [5.41, 5.74) is 0.550. The summed E-state index contributed by atoms with van der Waals surface area (Å²) in [5, 5.41) is 0. The third kappa shape index (κ3) is 6.01. The van der Waals surface area contributed by atoms with E-state index < -0.39 is 0 Å². The SMILES string of the molecule is CCCC(C(C)CC)C1(C)CCC2CC(CCC(C)CCCCCC2C)C1C. The second kappa shape index (κ2) is 11.4. The lowest BCUT2D eigenvalue weighted by molar-refractivity contribution is 0.0186. The van der Waals surface area contributed by atoms with Gasteiger partial charge in [0.25, 0.3) is 0 Å². The highest BCUT2D eigenvalue weighted by Crippen LogP contribution is 2.55. The van der Waals surface area contributed by atoms with E-state index in [-0.39, 0.29) is 0 Å². The first kappa shape index (κ1) is 24.3. The molecule has 2 bridgehead atoms. The predicted octanol–water partition coefficient (Wildman–Crippen LogP) is 9.52. The summed E-state index contributed by atoms with van der Waals surface area (Å²) in [7, 11) is 0. The zero-order valence-electron chi connectivity index (χ0n) is 20.7. The molecule has 0 N–H and O–H groups in total. The van der Waals surface area contributed by atoms with Crippen LogP contribution in [0.25, 0.3) is 0 Å². The van der Waals surface area contributed by atoms with Crippen LogP contribution in [0, 0.1) is 46.8 Å². The van der Waals surface area contributed by atoms with Crippen LogP contribution in [0.3, 0.4) is 0 Å². The van der Waals surface area contributed by atoms with Crippen molar-refractivity contribution in [3.63, 3.8) is 0 Å². The topological polar surface area (TPSA) is 0 Å². The van der Waals surface area contributed by atoms with Gasteiger partial charge in [0.2, 0.25) is 0 Å². The second-order valence-electron chi connectivity index (χ2n) is 11.7. The van der Waals surface area contributed by atoms with E-state index in [1.54, 1.807) is 0 Å². The predicted molar refractivity (Wildman–Crippen MR) is 127 cm³/mol. The fraction of sp³-hybridized carbons (Fsp3) is 1.00. The van der Waals surface area contributed by atoms with Crippen LogP contribution in [0.5, 0.6) is 0 Å². The Labute approximate surface area is 179 Å². The molecule has 28 heavy (non-hydrogen) atoms. The monoisotopic (exact) mass is 390 g/mol. The zero-order valence-corrected chi connectivity index (χ0v) is 20.7. The molecular formula is C28H54. The molecule has 0 heteroatoms. The Kier molecular flexibility index (Phi) is 9.89. The highest BCUT2D eigenvalue weighted by molar-refractivity contribution is 4.95. The zero-order chi connectivity index (χ0) is 20.7. The van der Waals surface area contributed by atoms with Gasteiger partial charge in [-0.05, 0) is 78.9 Å². The van der Waals surface area contributed by atoms with Gasteiger partial charge in [-0.2, -0.15) is 0 Å². The molecule has 0 heterocycles. The number of rotatable bonds is 5. The summed E-state index contributed by atoms with van der Waals surface area (Å²) >= 11 is 0. The van der Waals surface area contributed by atoms with Gasteiger partial charge in [-0.15, -0.1) is 0 Å². The third-order valence-electron chi connectivity index (χ3n) is 9.88. The molecule has 0 amide bonds. The molecular weight excluding hydrogens is 336 g/mol. The Bertz CT molecular complexity index is 426. The normalized spacial score (nSPS) is 40.6. The minimum atomic E-state index is 0.550. The Morgan fingerprint density at radius 3 is 2.25 bits per heavy atom. The van der Waals surface area contributed by atoms with Crippen LogP contribution in [0.15, 0.2) is 0 Å². The molecule has 2 fully saturated rings. The maximum atomic E-state index is 2.73. The fourth-order valence-electron chi connectivity index (χ4n) is 7.26. The highest BCUT2D eigenvalue weighted by atomic mass is 14.5. The summed E-state index contributed by atoms with van der Waals surface area (Å²) in [4.78, 5) is 0. The number of hydrogen-bond donors (Lipinski definition) is 0. The minimum absolute atomic E-state index is 0.550. The van der Waals surface area contributed by atoms with Gasteiger partial charge in [0.05, 0.1) is 0 Å². The van der Waals surface area contributed by atoms with E-state index in [1.165, 1.54) is 83.5 Å². The lowest BCUT2D eigenvalue weighted by Gasteiger charge is -2.47. The Hall–Kier alpha value is 0. The highest BCUT2D eigenvalue weighted by Gasteiger charge is 2.46. The average Bonchev–Trinajstić information content (AvgIpc) is 2.80. The van der Waals surface area contributed by atoms with E-state index in [2.05, 4.69) is 48.5 Å². The molecule has 8 unspecified atom stereocenters. The lowest BCUT2D eigenvalue weighted by Crippen LogP contribution is -2.40. The fourth-order valence-corrected chi connectivity index (χ4v) is 7.26. The van der Waals surface area contributed by atoms with Crippen molar-refractivity contribution >= 4 is 0 Å². The number of hydrogen-bond acceptors (Lipinski definition) is 0. The molecule has 0 aromatic rings. The van der Waals surface area contributed by atoms with Gasteiger partial charge in [0.1, 0.15) is 0 Å². The third-order valence-corrected chi connectivity index (χ3v) is 9.88. The molecule has 0 spiro atoms. The van der Waals surface area contributed by atoms with Gasteiger partial charge in [0.15, 0.2) is 0 Å². The molecule has 0 aromatic heterocycles. The van der Waals surface area contributed by atoms with E-state index in [1.807, 2.05) is 0 Å². The van der Waals surface area contributed by atoms with Crippen LogP contribution in [0.2, 0.25) is 0 Å². The molecule has 2 saturated carbocycles. The van der Waals surface area contributed by atoms with E-state index in [4.69, 9.17) is 0 Å². The summed E-state index contributed by atoms with van der Waals surface area (Å²) in [6.07, 6.45) is 19.1. The first-order valence-corrected chi connectivity index (χ1v) is 13.3. The Balaban J connectivity index is 2.29. The quantitative estimate of drug-likeness (QED) is 0.438. The van der Waals surface area contributed by atoms with E-state index in [9.17, 15) is 0 Å². The molecule has 8 atom stereocenters. The van der Waals surface area contributed by atoms with Gasteiger partial charge >= 0.3 is 0 Å². The van der Waals surface area contributed by atoms with Crippen molar-refractivity contribution in [2.45, 2.75) is 132 Å². The van der Waals surface area contributed by atoms with E-state index in [0.29, 0.717) is 5.41 Å². The van der Waals surface area contributed by atoms with Crippen molar-refractivity contribution in [1.29, 1.82) is 0 Å². The largest absolute Gasteiger partial charge is 0.0654 e. The van der Waals surface area contributed by atoms with Crippen molar-refractivity contribution in [2.24, 2.45) is 46.8 Å². The lowest BCUT2D eigenvalue weighted by atomic mass is 9.58. The summed E-state index contributed by atoms with van der Waals surface area (Å²) in [6.45, 7) is 17.9. The van der Waals surface area contributed by atoms with Crippen molar-refractivity contribution < 1.29 is 0 Å². The number of fused-ring (bicyclic) bond motifs is 2. The molecule has 166 valence electrons. The van der Waals surface area contributed by atoms with Gasteiger partial charge in [-0.25, -0.2) is 0 Å². The maximum absolute atomic E-state index is 2.73. The second-order valence-corrected chi connectivity index (χ2v) is 11.7. The smallest absolute Gasteiger partial charge is 0.0267 e. The van der Waals surface area contributed by atoms with Crippen LogP contribution >= 0.6 is 0 Å². The van der Waals surface area contributed by atoms with Crippen molar-refractivity contribution in [3.8, 4) is 0 Å². The van der Waals surface area contributed by atoms with Crippen LogP contribution in [0.1, 0.15) is 132 Å². The van der Waals surface area contributed by atoms with Crippen LogP contribution in [0.4, 0.5) is 0 Å². The molecule has 0 aliphatic heterocycles. The first-order valence-electron chi connectivity index (χ1n) is 13.3. The summed E-state index contributed by atoms with van der Waals surface area (Å²) < 4.78 is 0.